The number of hydrogen-bond donors (Lipinski definition) is 1. The molecule has 1 N–H and O–H groups in total. The van der Waals surface area contributed by atoms with E-state index >= 15 is 0 Å². The van der Waals surface area contributed by atoms with Gasteiger partial charge in [-0.3, -0.25) is 4.79 Å². The van der Waals surface area contributed by atoms with Gasteiger partial charge in [0.25, 0.3) is 0 Å². The van der Waals surface area contributed by atoms with Crippen molar-refractivity contribution in [1.82, 2.24) is 5.32 Å². The molecule has 1 aliphatic rings. The van der Waals surface area contributed by atoms with Gasteiger partial charge in [0.1, 0.15) is 5.75 Å². The molecule has 0 unspecified atom stereocenters. The number of amides is 1. The van der Waals surface area contributed by atoms with E-state index in [1.807, 2.05) is 18.2 Å². The van der Waals surface area contributed by atoms with Crippen molar-refractivity contribution in [3.05, 3.63) is 18.2 Å². The number of rotatable bonds is 9. The Bertz CT molecular complexity index is 493. The Morgan fingerprint density at radius 1 is 1.36 bits per heavy atom. The highest BCUT2D eigenvalue weighted by molar-refractivity contribution is 7.99. The topological polar surface area (TPSA) is 56.8 Å². The Hall–Kier alpha value is -1.56. The molecule has 0 atom stereocenters. The molecule has 1 aromatic rings. The molecule has 0 bridgehead atoms. The highest BCUT2D eigenvalue weighted by Crippen LogP contribution is 2.35. The van der Waals surface area contributed by atoms with Crippen LogP contribution in [-0.2, 0) is 4.79 Å². The molecule has 0 saturated carbocycles. The van der Waals surface area contributed by atoms with Gasteiger partial charge in [0.05, 0.1) is 12.4 Å². The molecular formula is C16H23NO4S. The van der Waals surface area contributed by atoms with Crippen LogP contribution in [0.3, 0.4) is 0 Å². The number of carbonyl (C=O) groups excluding carboxylic acids is 1. The summed E-state index contributed by atoms with van der Waals surface area (Å²) in [6.07, 6.45) is 0.899. The summed E-state index contributed by atoms with van der Waals surface area (Å²) in [5, 5.41) is 2.91. The fourth-order valence-electron chi connectivity index (χ4n) is 1.85. The van der Waals surface area contributed by atoms with E-state index in [9.17, 15) is 4.79 Å². The standard InChI is InChI=1S/C16H23NO4S/c1-12(2)9-17-16(18)10-22-7-3-6-19-13-4-5-14-15(8-13)21-11-20-14/h4-5,8,12H,3,6-7,9-11H2,1-2H3,(H,17,18). The Morgan fingerprint density at radius 3 is 3.00 bits per heavy atom. The normalized spacial score (nSPS) is 12.5. The van der Waals surface area contributed by atoms with Crippen LogP contribution in [-0.4, -0.2) is 37.4 Å². The molecule has 0 radical (unpaired) electrons. The fraction of sp³-hybridized carbons (Fsp3) is 0.562. The van der Waals surface area contributed by atoms with Crippen molar-refractivity contribution < 1.29 is 19.0 Å². The zero-order valence-electron chi connectivity index (χ0n) is 13.1. The third kappa shape index (κ3) is 5.67. The Kier molecular flexibility index (Phi) is 6.71. The molecule has 1 aromatic carbocycles. The van der Waals surface area contributed by atoms with Gasteiger partial charge in [0, 0.05) is 12.6 Å². The molecule has 0 aromatic heterocycles. The van der Waals surface area contributed by atoms with Crippen LogP contribution in [0.2, 0.25) is 0 Å². The van der Waals surface area contributed by atoms with E-state index in [1.165, 1.54) is 0 Å². The van der Waals surface area contributed by atoms with Crippen molar-refractivity contribution in [3.63, 3.8) is 0 Å². The third-order valence-electron chi connectivity index (χ3n) is 2.99. The van der Waals surface area contributed by atoms with Crippen LogP contribution in [0.25, 0.3) is 0 Å². The maximum absolute atomic E-state index is 11.5. The molecule has 6 heteroatoms. The zero-order chi connectivity index (χ0) is 15.8. The van der Waals surface area contributed by atoms with Gasteiger partial charge in [-0.2, -0.15) is 11.8 Å². The van der Waals surface area contributed by atoms with Crippen LogP contribution in [0.5, 0.6) is 17.2 Å². The minimum absolute atomic E-state index is 0.107. The van der Waals surface area contributed by atoms with Crippen molar-refractivity contribution in [2.75, 3.05) is 31.5 Å². The first-order valence-corrected chi connectivity index (χ1v) is 8.67. The van der Waals surface area contributed by atoms with Gasteiger partial charge in [-0.25, -0.2) is 0 Å². The lowest BCUT2D eigenvalue weighted by molar-refractivity contribution is -0.118. The first kappa shape index (κ1) is 16.8. The summed E-state index contributed by atoms with van der Waals surface area (Å²) in [5.74, 6) is 4.28. The minimum Gasteiger partial charge on any atom is -0.493 e. The lowest BCUT2D eigenvalue weighted by Gasteiger charge is -2.08. The third-order valence-corrected chi connectivity index (χ3v) is 4.03. The highest BCUT2D eigenvalue weighted by Gasteiger charge is 2.13. The molecule has 1 heterocycles. The van der Waals surface area contributed by atoms with Gasteiger partial charge in [-0.05, 0) is 30.2 Å². The van der Waals surface area contributed by atoms with Crippen LogP contribution in [0.15, 0.2) is 18.2 Å². The van der Waals surface area contributed by atoms with Crippen LogP contribution in [0.1, 0.15) is 20.3 Å². The SMILES string of the molecule is CC(C)CNC(=O)CSCCCOc1ccc2c(c1)OCO2. The second-order valence-electron chi connectivity index (χ2n) is 5.47. The second-order valence-corrected chi connectivity index (χ2v) is 6.57. The van der Waals surface area contributed by atoms with Gasteiger partial charge < -0.3 is 19.5 Å². The number of hydrogen-bond acceptors (Lipinski definition) is 5. The lowest BCUT2D eigenvalue weighted by Crippen LogP contribution is -2.28. The Morgan fingerprint density at radius 2 is 2.18 bits per heavy atom. The lowest BCUT2D eigenvalue weighted by atomic mass is 10.2. The molecule has 0 saturated heterocycles. The highest BCUT2D eigenvalue weighted by atomic mass is 32.2. The maximum Gasteiger partial charge on any atom is 0.231 e. The van der Waals surface area contributed by atoms with E-state index in [2.05, 4.69) is 19.2 Å². The van der Waals surface area contributed by atoms with Crippen LogP contribution < -0.4 is 19.5 Å². The molecule has 2 rings (SSSR count). The quantitative estimate of drug-likeness (QED) is 0.708. The van der Waals surface area contributed by atoms with Crippen molar-refractivity contribution in [2.45, 2.75) is 20.3 Å². The molecule has 1 amide bonds. The summed E-state index contributed by atoms with van der Waals surface area (Å²) in [7, 11) is 0. The van der Waals surface area contributed by atoms with Gasteiger partial charge in [0.2, 0.25) is 12.7 Å². The number of carbonyl (C=O) groups is 1. The largest absolute Gasteiger partial charge is 0.493 e. The molecule has 122 valence electrons. The average molecular weight is 325 g/mol. The van der Waals surface area contributed by atoms with E-state index in [4.69, 9.17) is 14.2 Å². The van der Waals surface area contributed by atoms with Crippen molar-refractivity contribution in [3.8, 4) is 17.2 Å². The Labute approximate surface area is 135 Å². The van der Waals surface area contributed by atoms with Crippen molar-refractivity contribution in [1.29, 1.82) is 0 Å². The average Bonchev–Trinajstić information content (AvgIpc) is 2.96. The summed E-state index contributed by atoms with van der Waals surface area (Å²) in [5.41, 5.74) is 0. The van der Waals surface area contributed by atoms with E-state index in [0.29, 0.717) is 18.3 Å². The van der Waals surface area contributed by atoms with Gasteiger partial charge in [-0.1, -0.05) is 13.8 Å². The number of fused-ring (bicyclic) bond motifs is 1. The second kappa shape index (κ2) is 8.78. The van der Waals surface area contributed by atoms with Crippen molar-refractivity contribution >= 4 is 17.7 Å². The summed E-state index contributed by atoms with van der Waals surface area (Å²) in [4.78, 5) is 11.5. The van der Waals surface area contributed by atoms with E-state index in [1.54, 1.807) is 11.8 Å². The van der Waals surface area contributed by atoms with Crippen LogP contribution in [0.4, 0.5) is 0 Å². The molecular weight excluding hydrogens is 302 g/mol. The molecule has 5 nitrogen and oxygen atoms in total. The molecule has 22 heavy (non-hydrogen) atoms. The monoisotopic (exact) mass is 325 g/mol. The van der Waals surface area contributed by atoms with E-state index in [-0.39, 0.29) is 12.7 Å². The minimum atomic E-state index is 0.107. The number of benzene rings is 1. The van der Waals surface area contributed by atoms with E-state index in [0.717, 1.165) is 36.0 Å². The predicted octanol–water partition coefficient (Wildman–Crippen LogP) is 2.69. The number of nitrogens with one attached hydrogen (secondary N) is 1. The summed E-state index contributed by atoms with van der Waals surface area (Å²) in [6, 6.07) is 5.57. The molecule has 0 fully saturated rings. The summed E-state index contributed by atoms with van der Waals surface area (Å²) < 4.78 is 16.2. The first-order valence-electron chi connectivity index (χ1n) is 7.52. The first-order chi connectivity index (χ1) is 10.6. The van der Waals surface area contributed by atoms with Gasteiger partial charge in [0.15, 0.2) is 11.5 Å². The molecule has 0 spiro atoms. The maximum atomic E-state index is 11.5. The van der Waals surface area contributed by atoms with Crippen molar-refractivity contribution in [2.24, 2.45) is 5.92 Å². The smallest absolute Gasteiger partial charge is 0.231 e. The number of ether oxygens (including phenoxy) is 3. The van der Waals surface area contributed by atoms with Crippen LogP contribution >= 0.6 is 11.8 Å². The van der Waals surface area contributed by atoms with Crippen LogP contribution in [0, 0.1) is 5.92 Å². The summed E-state index contributed by atoms with van der Waals surface area (Å²) >= 11 is 1.63. The molecule has 0 aliphatic carbocycles. The van der Waals surface area contributed by atoms with Gasteiger partial charge >= 0.3 is 0 Å². The molecule has 1 aliphatic heterocycles. The Balaban J connectivity index is 1.53. The zero-order valence-corrected chi connectivity index (χ0v) is 13.9. The summed E-state index contributed by atoms with van der Waals surface area (Å²) in [6.45, 7) is 5.81. The predicted molar refractivity (Wildman–Crippen MR) is 87.8 cm³/mol. The van der Waals surface area contributed by atoms with Gasteiger partial charge in [-0.15, -0.1) is 0 Å². The van der Waals surface area contributed by atoms with E-state index < -0.39 is 0 Å². The number of thioether (sulfide) groups is 1. The fourth-order valence-corrected chi connectivity index (χ4v) is 2.61.